The van der Waals surface area contributed by atoms with E-state index < -0.39 is 0 Å². The first-order chi connectivity index (χ1) is 8.13. The molecule has 1 amide bonds. The number of nitrogens with zero attached hydrogens (tertiary/aromatic N) is 1. The van der Waals surface area contributed by atoms with E-state index in [9.17, 15) is 4.79 Å². The van der Waals surface area contributed by atoms with E-state index in [0.717, 1.165) is 19.5 Å². The number of amides is 1. The molecule has 1 rings (SSSR count). The van der Waals surface area contributed by atoms with Crippen molar-refractivity contribution in [3.05, 3.63) is 35.4 Å². The Kier molecular flexibility index (Phi) is 13.0. The first-order valence-electron chi connectivity index (χ1n) is 5.65. The molecule has 17 heavy (non-hydrogen) atoms. The third kappa shape index (κ3) is 10.6. The number of carbonyl (C=O) groups excluding carboxylic acids is 2. The number of hydrogen-bond donors (Lipinski definition) is 0. The summed E-state index contributed by atoms with van der Waals surface area (Å²) in [4.78, 5) is 19.6. The standard InChI is InChI=1S/C8H10.C5H11NO.CH2O/c1-7-3-5-8(2)6-4-7;1-3-6(4-2)5-7;1-2/h3-6H,1-2H3;5H,3-4H2,1-2H3;1H2. The Morgan fingerprint density at radius 2 is 1.29 bits per heavy atom. The van der Waals surface area contributed by atoms with Crippen LogP contribution in [0.3, 0.4) is 0 Å². The van der Waals surface area contributed by atoms with E-state index in [1.807, 2.05) is 20.6 Å². The van der Waals surface area contributed by atoms with Crippen LogP contribution in [0.25, 0.3) is 0 Å². The van der Waals surface area contributed by atoms with Gasteiger partial charge in [0.2, 0.25) is 6.41 Å². The smallest absolute Gasteiger partial charge is 0.209 e. The largest absolute Gasteiger partial charge is 0.346 e. The zero-order valence-corrected chi connectivity index (χ0v) is 11.3. The third-order valence-electron chi connectivity index (χ3n) is 2.18. The molecule has 96 valence electrons. The SMILES string of the molecule is C=O.CCN(C=O)CC.Cc1ccc(C)cc1. The molecule has 0 saturated heterocycles. The number of hydrogen-bond acceptors (Lipinski definition) is 2. The second-order valence-corrected chi connectivity index (χ2v) is 3.48. The molecular weight excluding hydrogens is 214 g/mol. The van der Waals surface area contributed by atoms with Crippen molar-refractivity contribution in [1.82, 2.24) is 4.90 Å². The van der Waals surface area contributed by atoms with Crippen molar-refractivity contribution in [3.63, 3.8) is 0 Å². The molecule has 3 nitrogen and oxygen atoms in total. The van der Waals surface area contributed by atoms with Crippen molar-refractivity contribution in [1.29, 1.82) is 0 Å². The average molecular weight is 237 g/mol. The van der Waals surface area contributed by atoms with Gasteiger partial charge in [0, 0.05) is 13.1 Å². The van der Waals surface area contributed by atoms with Crippen LogP contribution in [0, 0.1) is 13.8 Å². The topological polar surface area (TPSA) is 37.4 Å². The van der Waals surface area contributed by atoms with Gasteiger partial charge in [-0.15, -0.1) is 0 Å². The number of carbonyl (C=O) groups is 2. The van der Waals surface area contributed by atoms with Crippen LogP contribution in [0.4, 0.5) is 0 Å². The summed E-state index contributed by atoms with van der Waals surface area (Å²) in [6.07, 6.45) is 0.861. The fourth-order valence-corrected chi connectivity index (χ4v) is 1.01. The van der Waals surface area contributed by atoms with Crippen LogP contribution in [0.15, 0.2) is 24.3 Å². The quantitative estimate of drug-likeness (QED) is 0.758. The number of rotatable bonds is 3. The molecule has 0 aliphatic heterocycles. The molecule has 0 saturated carbocycles. The van der Waals surface area contributed by atoms with Crippen LogP contribution in [0.1, 0.15) is 25.0 Å². The molecule has 0 aliphatic carbocycles. The summed E-state index contributed by atoms with van der Waals surface area (Å²) in [7, 11) is 0. The van der Waals surface area contributed by atoms with E-state index in [0.29, 0.717) is 0 Å². The molecule has 0 spiro atoms. The van der Waals surface area contributed by atoms with Crippen molar-refractivity contribution >= 4 is 13.2 Å². The Balaban J connectivity index is 0. The van der Waals surface area contributed by atoms with Gasteiger partial charge in [0.25, 0.3) is 0 Å². The van der Waals surface area contributed by atoms with Gasteiger partial charge in [-0.1, -0.05) is 35.4 Å². The van der Waals surface area contributed by atoms with E-state index in [4.69, 9.17) is 4.79 Å². The molecule has 0 N–H and O–H groups in total. The van der Waals surface area contributed by atoms with Gasteiger partial charge in [0.15, 0.2) is 0 Å². The zero-order chi connectivity index (χ0) is 13.7. The second-order valence-electron chi connectivity index (χ2n) is 3.48. The van der Waals surface area contributed by atoms with Crippen LogP contribution in [-0.4, -0.2) is 31.2 Å². The van der Waals surface area contributed by atoms with E-state index in [2.05, 4.69) is 38.1 Å². The van der Waals surface area contributed by atoms with Crippen LogP contribution >= 0.6 is 0 Å². The second kappa shape index (κ2) is 12.4. The van der Waals surface area contributed by atoms with Crippen LogP contribution in [0.2, 0.25) is 0 Å². The van der Waals surface area contributed by atoms with E-state index in [1.165, 1.54) is 11.1 Å². The summed E-state index contributed by atoms with van der Waals surface area (Å²) >= 11 is 0. The van der Waals surface area contributed by atoms with Crippen LogP contribution in [0.5, 0.6) is 0 Å². The molecule has 0 bridgehead atoms. The predicted octanol–water partition coefficient (Wildman–Crippen LogP) is 2.60. The Morgan fingerprint density at radius 3 is 1.41 bits per heavy atom. The fraction of sp³-hybridized carbons (Fsp3) is 0.429. The van der Waals surface area contributed by atoms with Crippen molar-refractivity contribution in [2.75, 3.05) is 13.1 Å². The van der Waals surface area contributed by atoms with Gasteiger partial charge in [-0.05, 0) is 27.7 Å². The summed E-state index contributed by atoms with van der Waals surface area (Å²) in [5.74, 6) is 0. The molecule has 0 radical (unpaired) electrons. The summed E-state index contributed by atoms with van der Waals surface area (Å²) in [5, 5.41) is 0. The molecule has 0 fully saturated rings. The predicted molar refractivity (Wildman–Crippen MR) is 72.0 cm³/mol. The van der Waals surface area contributed by atoms with E-state index in [-0.39, 0.29) is 0 Å². The highest BCUT2D eigenvalue weighted by Crippen LogP contribution is 1.99. The maximum atomic E-state index is 9.89. The highest BCUT2D eigenvalue weighted by atomic mass is 16.1. The molecule has 0 heterocycles. The highest BCUT2D eigenvalue weighted by molar-refractivity contribution is 5.46. The van der Waals surface area contributed by atoms with Gasteiger partial charge in [-0.25, -0.2) is 0 Å². The Hall–Kier alpha value is -1.64. The summed E-state index contributed by atoms with van der Waals surface area (Å²) in [6.45, 7) is 11.7. The number of benzene rings is 1. The van der Waals surface area contributed by atoms with Gasteiger partial charge in [-0.2, -0.15) is 0 Å². The van der Waals surface area contributed by atoms with Crippen LogP contribution < -0.4 is 0 Å². The highest BCUT2D eigenvalue weighted by Gasteiger charge is 1.87. The van der Waals surface area contributed by atoms with Crippen molar-refractivity contribution in [2.24, 2.45) is 0 Å². The lowest BCUT2D eigenvalue weighted by molar-refractivity contribution is -0.117. The van der Waals surface area contributed by atoms with Crippen molar-refractivity contribution < 1.29 is 9.59 Å². The summed E-state index contributed by atoms with van der Waals surface area (Å²) < 4.78 is 0. The molecule has 0 atom stereocenters. The van der Waals surface area contributed by atoms with E-state index >= 15 is 0 Å². The maximum Gasteiger partial charge on any atom is 0.209 e. The monoisotopic (exact) mass is 237 g/mol. The minimum absolute atomic E-state index is 0.819. The molecule has 0 aliphatic rings. The minimum atomic E-state index is 0.819. The lowest BCUT2D eigenvalue weighted by atomic mass is 10.2. The Bertz CT molecular complexity index is 258. The fourth-order valence-electron chi connectivity index (χ4n) is 1.01. The molecule has 0 unspecified atom stereocenters. The first-order valence-corrected chi connectivity index (χ1v) is 5.65. The van der Waals surface area contributed by atoms with Crippen molar-refractivity contribution in [3.8, 4) is 0 Å². The molecule has 1 aromatic rings. The first kappa shape index (κ1) is 17.7. The van der Waals surface area contributed by atoms with Gasteiger partial charge < -0.3 is 9.69 Å². The number of aryl methyl sites for hydroxylation is 2. The summed E-state index contributed by atoms with van der Waals surface area (Å²) in [5.41, 5.74) is 2.66. The normalized spacial score (nSPS) is 8.00. The minimum Gasteiger partial charge on any atom is -0.346 e. The molecule has 0 aromatic heterocycles. The van der Waals surface area contributed by atoms with Gasteiger partial charge >= 0.3 is 0 Å². The maximum absolute atomic E-state index is 9.89. The van der Waals surface area contributed by atoms with Gasteiger partial charge in [-0.3, -0.25) is 4.79 Å². The zero-order valence-electron chi connectivity index (χ0n) is 11.3. The van der Waals surface area contributed by atoms with Crippen molar-refractivity contribution in [2.45, 2.75) is 27.7 Å². The lowest BCUT2D eigenvalue weighted by Crippen LogP contribution is -2.19. The van der Waals surface area contributed by atoms with E-state index in [1.54, 1.807) is 4.90 Å². The summed E-state index contributed by atoms with van der Waals surface area (Å²) in [6, 6.07) is 8.48. The van der Waals surface area contributed by atoms with Gasteiger partial charge in [0.05, 0.1) is 0 Å². The third-order valence-corrected chi connectivity index (χ3v) is 2.18. The lowest BCUT2D eigenvalue weighted by Gasteiger charge is -2.08. The average Bonchev–Trinajstić information content (AvgIpc) is 2.38. The molecular formula is C14H23NO2. The molecule has 1 aromatic carbocycles. The Labute approximate surface area is 104 Å². The van der Waals surface area contributed by atoms with Crippen LogP contribution in [-0.2, 0) is 9.59 Å². The molecule has 3 heteroatoms. The van der Waals surface area contributed by atoms with Gasteiger partial charge in [0.1, 0.15) is 6.79 Å². The Morgan fingerprint density at radius 1 is 1.00 bits per heavy atom.